The third-order valence-corrected chi connectivity index (χ3v) is 2.82. The van der Waals surface area contributed by atoms with Crippen LogP contribution in [0.2, 0.25) is 0 Å². The van der Waals surface area contributed by atoms with Crippen molar-refractivity contribution in [2.24, 2.45) is 0 Å². The molecule has 0 bridgehead atoms. The van der Waals surface area contributed by atoms with Crippen LogP contribution in [0.3, 0.4) is 0 Å². The van der Waals surface area contributed by atoms with E-state index in [0.717, 1.165) is 0 Å². The molecule has 1 aliphatic carbocycles. The Morgan fingerprint density at radius 1 is 1.15 bits per heavy atom. The van der Waals surface area contributed by atoms with Gasteiger partial charge in [0, 0.05) is 6.20 Å². The normalized spacial score (nSPS) is 18.8. The maximum absolute atomic E-state index is 9.28. The highest BCUT2D eigenvalue weighted by Gasteiger charge is 2.15. The Labute approximate surface area is 78.6 Å². The summed E-state index contributed by atoms with van der Waals surface area (Å²) in [6, 6.07) is 1.85. The van der Waals surface area contributed by atoms with Crippen molar-refractivity contribution in [1.29, 1.82) is 0 Å². The minimum atomic E-state index is 0.295. The first kappa shape index (κ1) is 8.54. The fourth-order valence-electron chi connectivity index (χ4n) is 2.10. The van der Waals surface area contributed by atoms with Crippen molar-refractivity contribution >= 4 is 0 Å². The first-order valence-corrected chi connectivity index (χ1v) is 5.00. The number of aromatic nitrogens is 1. The van der Waals surface area contributed by atoms with E-state index in [1.807, 2.05) is 12.3 Å². The van der Waals surface area contributed by atoms with Crippen LogP contribution >= 0.6 is 0 Å². The molecular formula is C11H15NO. The number of aromatic hydroxyl groups is 1. The molecule has 1 aromatic heterocycles. The molecule has 1 saturated carbocycles. The van der Waals surface area contributed by atoms with Crippen molar-refractivity contribution in [3.63, 3.8) is 0 Å². The van der Waals surface area contributed by atoms with Crippen LogP contribution in [-0.4, -0.2) is 10.1 Å². The molecule has 2 heteroatoms. The molecule has 0 aromatic carbocycles. The van der Waals surface area contributed by atoms with Gasteiger partial charge in [-0.3, -0.25) is 4.98 Å². The summed E-state index contributed by atoms with van der Waals surface area (Å²) in [5, 5.41) is 9.28. The predicted molar refractivity (Wildman–Crippen MR) is 51.7 cm³/mol. The van der Waals surface area contributed by atoms with Crippen LogP contribution in [0, 0.1) is 0 Å². The monoisotopic (exact) mass is 177 g/mol. The third kappa shape index (κ3) is 2.00. The molecule has 0 unspecified atom stereocenters. The lowest BCUT2D eigenvalue weighted by molar-refractivity contribution is 0.436. The molecule has 0 radical (unpaired) electrons. The topological polar surface area (TPSA) is 33.1 Å². The van der Waals surface area contributed by atoms with Crippen LogP contribution in [0.5, 0.6) is 5.75 Å². The van der Waals surface area contributed by atoms with Crippen LogP contribution in [0.15, 0.2) is 18.5 Å². The molecule has 0 spiro atoms. The smallest absolute Gasteiger partial charge is 0.134 e. The molecule has 1 aliphatic rings. The molecule has 1 heterocycles. The van der Waals surface area contributed by atoms with E-state index in [1.165, 1.54) is 43.9 Å². The van der Waals surface area contributed by atoms with Gasteiger partial charge in [-0.05, 0) is 30.4 Å². The molecule has 1 N–H and O–H groups in total. The zero-order chi connectivity index (χ0) is 9.10. The van der Waals surface area contributed by atoms with Gasteiger partial charge < -0.3 is 5.11 Å². The minimum Gasteiger partial charge on any atom is -0.506 e. The molecule has 2 rings (SSSR count). The van der Waals surface area contributed by atoms with Gasteiger partial charge in [-0.1, -0.05) is 19.3 Å². The van der Waals surface area contributed by atoms with E-state index in [9.17, 15) is 5.11 Å². The Hall–Kier alpha value is -1.05. The SMILES string of the molecule is Oc1cncc(C2CCCCC2)c1. The van der Waals surface area contributed by atoms with Crippen LogP contribution < -0.4 is 0 Å². The van der Waals surface area contributed by atoms with Crippen molar-refractivity contribution in [3.05, 3.63) is 24.0 Å². The van der Waals surface area contributed by atoms with Gasteiger partial charge in [0.05, 0.1) is 6.20 Å². The molecule has 0 atom stereocenters. The van der Waals surface area contributed by atoms with Crippen molar-refractivity contribution in [2.45, 2.75) is 38.0 Å². The second kappa shape index (κ2) is 3.77. The number of rotatable bonds is 1. The molecule has 0 saturated heterocycles. The average Bonchev–Trinajstić information content (AvgIpc) is 2.19. The predicted octanol–water partition coefficient (Wildman–Crippen LogP) is 2.83. The van der Waals surface area contributed by atoms with Crippen LogP contribution in [0.1, 0.15) is 43.6 Å². The number of hydrogen-bond donors (Lipinski definition) is 1. The molecule has 1 aromatic rings. The average molecular weight is 177 g/mol. The Morgan fingerprint density at radius 2 is 1.92 bits per heavy atom. The van der Waals surface area contributed by atoms with E-state index in [2.05, 4.69) is 4.98 Å². The number of pyridine rings is 1. The number of hydrogen-bond acceptors (Lipinski definition) is 2. The van der Waals surface area contributed by atoms with Gasteiger partial charge in [0.25, 0.3) is 0 Å². The zero-order valence-electron chi connectivity index (χ0n) is 7.74. The highest BCUT2D eigenvalue weighted by atomic mass is 16.3. The van der Waals surface area contributed by atoms with Crippen molar-refractivity contribution < 1.29 is 5.11 Å². The molecule has 0 amide bonds. The van der Waals surface area contributed by atoms with Crippen molar-refractivity contribution in [2.75, 3.05) is 0 Å². The van der Waals surface area contributed by atoms with Gasteiger partial charge in [-0.2, -0.15) is 0 Å². The molecule has 0 aliphatic heterocycles. The summed E-state index contributed by atoms with van der Waals surface area (Å²) in [5.41, 5.74) is 1.21. The Balaban J connectivity index is 2.14. The van der Waals surface area contributed by atoms with Crippen LogP contribution in [-0.2, 0) is 0 Å². The first-order chi connectivity index (χ1) is 6.36. The van der Waals surface area contributed by atoms with Gasteiger partial charge in [0.1, 0.15) is 5.75 Å². The highest BCUT2D eigenvalue weighted by Crippen LogP contribution is 2.32. The Bertz CT molecular complexity index is 279. The summed E-state index contributed by atoms with van der Waals surface area (Å²) < 4.78 is 0. The Morgan fingerprint density at radius 3 is 2.62 bits per heavy atom. The number of nitrogens with zero attached hydrogens (tertiary/aromatic N) is 1. The maximum atomic E-state index is 9.28. The van der Waals surface area contributed by atoms with E-state index in [0.29, 0.717) is 11.7 Å². The second-order valence-electron chi connectivity index (χ2n) is 3.81. The standard InChI is InChI=1S/C11H15NO/c13-11-6-10(7-12-8-11)9-4-2-1-3-5-9/h6-9,13H,1-5H2. The van der Waals surface area contributed by atoms with Gasteiger partial charge in [0.2, 0.25) is 0 Å². The lowest BCUT2D eigenvalue weighted by Gasteiger charge is -2.21. The molecule has 2 nitrogen and oxygen atoms in total. The fourth-order valence-corrected chi connectivity index (χ4v) is 2.10. The summed E-state index contributed by atoms with van der Waals surface area (Å²) in [7, 11) is 0. The fraction of sp³-hybridized carbons (Fsp3) is 0.545. The van der Waals surface area contributed by atoms with Gasteiger partial charge in [0.15, 0.2) is 0 Å². The van der Waals surface area contributed by atoms with Gasteiger partial charge in [-0.25, -0.2) is 0 Å². The summed E-state index contributed by atoms with van der Waals surface area (Å²) in [4.78, 5) is 4.01. The molecule has 1 fully saturated rings. The lowest BCUT2D eigenvalue weighted by atomic mass is 9.85. The summed E-state index contributed by atoms with van der Waals surface area (Å²) in [6.45, 7) is 0. The molecular weight excluding hydrogens is 162 g/mol. The van der Waals surface area contributed by atoms with E-state index < -0.39 is 0 Å². The van der Waals surface area contributed by atoms with E-state index in [4.69, 9.17) is 0 Å². The van der Waals surface area contributed by atoms with Crippen molar-refractivity contribution in [1.82, 2.24) is 4.98 Å². The maximum Gasteiger partial charge on any atom is 0.134 e. The quantitative estimate of drug-likeness (QED) is 0.715. The first-order valence-electron chi connectivity index (χ1n) is 5.00. The van der Waals surface area contributed by atoms with Gasteiger partial charge in [-0.15, -0.1) is 0 Å². The summed E-state index contributed by atoms with van der Waals surface area (Å²) in [6.07, 6.45) is 9.89. The highest BCUT2D eigenvalue weighted by molar-refractivity contribution is 5.25. The zero-order valence-corrected chi connectivity index (χ0v) is 7.74. The molecule has 70 valence electrons. The second-order valence-corrected chi connectivity index (χ2v) is 3.81. The summed E-state index contributed by atoms with van der Waals surface area (Å²) in [5.74, 6) is 0.927. The molecule has 13 heavy (non-hydrogen) atoms. The third-order valence-electron chi connectivity index (χ3n) is 2.82. The largest absolute Gasteiger partial charge is 0.506 e. The van der Waals surface area contributed by atoms with Crippen LogP contribution in [0.25, 0.3) is 0 Å². The summed E-state index contributed by atoms with van der Waals surface area (Å²) >= 11 is 0. The Kier molecular flexibility index (Phi) is 2.48. The van der Waals surface area contributed by atoms with Crippen LogP contribution in [0.4, 0.5) is 0 Å². The van der Waals surface area contributed by atoms with E-state index >= 15 is 0 Å². The van der Waals surface area contributed by atoms with Gasteiger partial charge >= 0.3 is 0 Å². The van der Waals surface area contributed by atoms with E-state index in [1.54, 1.807) is 0 Å². The minimum absolute atomic E-state index is 0.295. The van der Waals surface area contributed by atoms with E-state index in [-0.39, 0.29) is 0 Å². The lowest BCUT2D eigenvalue weighted by Crippen LogP contribution is -2.04. The van der Waals surface area contributed by atoms with Crippen molar-refractivity contribution in [3.8, 4) is 5.75 Å².